The molecule has 2 aliphatic rings. The van der Waals surface area contributed by atoms with Crippen LogP contribution >= 0.6 is 0 Å². The Morgan fingerprint density at radius 3 is 2.30 bits per heavy atom. The van der Waals surface area contributed by atoms with E-state index in [9.17, 15) is 14.4 Å². The number of nitrogens with zero attached hydrogens (tertiary/aromatic N) is 1. The van der Waals surface area contributed by atoms with E-state index in [0.29, 0.717) is 17.1 Å². The molecule has 0 unspecified atom stereocenters. The highest BCUT2D eigenvalue weighted by Gasteiger charge is 2.33. The van der Waals surface area contributed by atoms with Gasteiger partial charge in [0, 0.05) is 12.8 Å². The minimum atomic E-state index is -0.676. The van der Waals surface area contributed by atoms with Gasteiger partial charge in [0.1, 0.15) is 0 Å². The van der Waals surface area contributed by atoms with E-state index in [-0.39, 0.29) is 12.8 Å². The quantitative estimate of drug-likeness (QED) is 0.574. The van der Waals surface area contributed by atoms with Crippen molar-refractivity contribution in [2.24, 2.45) is 0 Å². The van der Waals surface area contributed by atoms with Gasteiger partial charge >= 0.3 is 5.97 Å². The van der Waals surface area contributed by atoms with E-state index in [4.69, 9.17) is 4.84 Å². The third kappa shape index (κ3) is 4.19. The summed E-state index contributed by atoms with van der Waals surface area (Å²) in [6.07, 6.45) is 10.6. The average Bonchev–Trinajstić information content (AvgIpc) is 2.72. The molecule has 1 aliphatic heterocycles. The molecule has 5 nitrogen and oxygen atoms in total. The van der Waals surface area contributed by atoms with E-state index in [1.54, 1.807) is 12.2 Å². The van der Waals surface area contributed by atoms with Gasteiger partial charge in [0.05, 0.1) is 5.57 Å². The zero-order valence-corrected chi connectivity index (χ0v) is 11.8. The maximum Gasteiger partial charge on any atom is 0.363 e. The Bertz CT molecular complexity index is 458. The molecule has 1 heterocycles. The summed E-state index contributed by atoms with van der Waals surface area (Å²) in [6, 6.07) is 0. The summed E-state index contributed by atoms with van der Waals surface area (Å²) in [4.78, 5) is 39.2. The van der Waals surface area contributed by atoms with E-state index >= 15 is 0 Å². The van der Waals surface area contributed by atoms with Crippen LogP contribution in [-0.2, 0) is 19.2 Å². The molecule has 2 rings (SSSR count). The molecule has 20 heavy (non-hydrogen) atoms. The maximum atomic E-state index is 11.8. The van der Waals surface area contributed by atoms with Crippen LogP contribution < -0.4 is 0 Å². The second kappa shape index (κ2) is 8.09. The van der Waals surface area contributed by atoms with Gasteiger partial charge in [-0.3, -0.25) is 9.59 Å². The molecular formula is C15H19NO4. The zero-order valence-electron chi connectivity index (χ0n) is 11.8. The Balaban J connectivity index is 0.000000956. The first kappa shape index (κ1) is 15.9. The second-order valence-corrected chi connectivity index (χ2v) is 3.97. The summed E-state index contributed by atoms with van der Waals surface area (Å²) in [5, 5.41) is 0.561. The van der Waals surface area contributed by atoms with E-state index in [1.807, 2.05) is 32.1 Å². The minimum absolute atomic E-state index is 0.101. The molecule has 0 aromatic rings. The van der Waals surface area contributed by atoms with E-state index in [1.165, 1.54) is 0 Å². The van der Waals surface area contributed by atoms with Gasteiger partial charge in [0.15, 0.2) is 0 Å². The lowest BCUT2D eigenvalue weighted by Gasteiger charge is -2.13. The standard InChI is InChI=1S/C13H13NO4.C2H6/c15-11-8-9-12(16)14(11)18-13(17)10-6-4-2-1-3-5-7-10;1-2/h1-2,5-7H,3-4,8-9H2;1-2H3/b2-1-,7-5-,10-6+;. The third-order valence-corrected chi connectivity index (χ3v) is 2.63. The van der Waals surface area contributed by atoms with Gasteiger partial charge < -0.3 is 4.84 Å². The van der Waals surface area contributed by atoms with Crippen LogP contribution in [0.3, 0.4) is 0 Å². The number of hydrogen-bond acceptors (Lipinski definition) is 4. The summed E-state index contributed by atoms with van der Waals surface area (Å²) in [5.41, 5.74) is 0.354. The summed E-state index contributed by atoms with van der Waals surface area (Å²) >= 11 is 0. The van der Waals surface area contributed by atoms with Crippen molar-refractivity contribution in [3.63, 3.8) is 0 Å². The monoisotopic (exact) mass is 277 g/mol. The van der Waals surface area contributed by atoms with Crippen LogP contribution in [0.25, 0.3) is 0 Å². The lowest BCUT2D eigenvalue weighted by Crippen LogP contribution is -2.32. The van der Waals surface area contributed by atoms with Crippen molar-refractivity contribution in [2.75, 3.05) is 0 Å². The van der Waals surface area contributed by atoms with Gasteiger partial charge in [-0.1, -0.05) is 44.2 Å². The van der Waals surface area contributed by atoms with Crippen LogP contribution in [-0.4, -0.2) is 22.8 Å². The van der Waals surface area contributed by atoms with Crippen LogP contribution in [0.15, 0.2) is 36.0 Å². The van der Waals surface area contributed by atoms with Crippen molar-refractivity contribution < 1.29 is 19.2 Å². The van der Waals surface area contributed by atoms with Crippen molar-refractivity contribution in [1.82, 2.24) is 5.06 Å². The highest BCUT2D eigenvalue weighted by molar-refractivity contribution is 6.03. The summed E-state index contributed by atoms with van der Waals surface area (Å²) in [5.74, 6) is -1.61. The molecule has 0 bridgehead atoms. The molecule has 1 fully saturated rings. The van der Waals surface area contributed by atoms with Gasteiger partial charge in [0.2, 0.25) is 0 Å². The van der Waals surface area contributed by atoms with Crippen molar-refractivity contribution in [1.29, 1.82) is 0 Å². The Morgan fingerprint density at radius 1 is 1.05 bits per heavy atom. The first-order chi connectivity index (χ1) is 9.68. The molecule has 0 atom stereocenters. The Labute approximate surface area is 118 Å². The molecule has 108 valence electrons. The number of imide groups is 1. The van der Waals surface area contributed by atoms with Crippen LogP contribution in [0.2, 0.25) is 0 Å². The summed E-state index contributed by atoms with van der Waals surface area (Å²) < 4.78 is 0. The molecule has 1 aliphatic carbocycles. The van der Waals surface area contributed by atoms with Crippen LogP contribution in [0.5, 0.6) is 0 Å². The van der Waals surface area contributed by atoms with Gasteiger partial charge in [-0.15, -0.1) is 5.06 Å². The van der Waals surface area contributed by atoms with Crippen LogP contribution in [0.4, 0.5) is 0 Å². The van der Waals surface area contributed by atoms with E-state index in [2.05, 4.69) is 0 Å². The van der Waals surface area contributed by atoms with E-state index in [0.717, 1.165) is 6.42 Å². The molecule has 0 aromatic carbocycles. The highest BCUT2D eigenvalue weighted by Crippen LogP contribution is 2.15. The SMILES string of the molecule is CC.O=C(ON1C(=O)CCC1=O)C1=C/C/C=C\C/C=C\1. The largest absolute Gasteiger partial charge is 0.363 e. The maximum absolute atomic E-state index is 11.8. The number of rotatable bonds is 2. The Hall–Kier alpha value is -2.17. The topological polar surface area (TPSA) is 63.7 Å². The smallest absolute Gasteiger partial charge is 0.325 e. The van der Waals surface area contributed by atoms with Gasteiger partial charge in [-0.05, 0) is 12.8 Å². The number of allylic oxidation sites excluding steroid dienone is 4. The molecule has 0 N–H and O–H groups in total. The van der Waals surface area contributed by atoms with Gasteiger partial charge in [0.25, 0.3) is 11.8 Å². The lowest BCUT2D eigenvalue weighted by atomic mass is 10.1. The van der Waals surface area contributed by atoms with Crippen LogP contribution in [0, 0.1) is 0 Å². The van der Waals surface area contributed by atoms with Crippen molar-refractivity contribution in [3.8, 4) is 0 Å². The fraction of sp³-hybridized carbons (Fsp3) is 0.400. The van der Waals surface area contributed by atoms with Gasteiger partial charge in [-0.25, -0.2) is 4.79 Å². The molecule has 0 spiro atoms. The van der Waals surface area contributed by atoms with E-state index < -0.39 is 17.8 Å². The minimum Gasteiger partial charge on any atom is -0.325 e. The van der Waals surface area contributed by atoms with Crippen LogP contribution in [0.1, 0.15) is 39.5 Å². The molecular weight excluding hydrogens is 258 g/mol. The molecule has 0 aromatic heterocycles. The lowest BCUT2D eigenvalue weighted by molar-refractivity contribution is -0.194. The predicted octanol–water partition coefficient (Wildman–Crippen LogP) is 2.45. The van der Waals surface area contributed by atoms with Crippen molar-refractivity contribution in [3.05, 3.63) is 36.0 Å². The molecule has 0 radical (unpaired) electrons. The third-order valence-electron chi connectivity index (χ3n) is 2.63. The second-order valence-electron chi connectivity index (χ2n) is 3.97. The number of carbonyl (C=O) groups is 3. The molecule has 0 saturated carbocycles. The zero-order chi connectivity index (χ0) is 15.0. The van der Waals surface area contributed by atoms with Gasteiger partial charge in [-0.2, -0.15) is 0 Å². The first-order valence-electron chi connectivity index (χ1n) is 6.78. The number of carbonyl (C=O) groups excluding carboxylic acids is 3. The highest BCUT2D eigenvalue weighted by atomic mass is 16.7. The van der Waals surface area contributed by atoms with Crippen molar-refractivity contribution >= 4 is 17.8 Å². The molecule has 1 saturated heterocycles. The Kier molecular flexibility index (Phi) is 6.43. The average molecular weight is 277 g/mol. The summed E-state index contributed by atoms with van der Waals surface area (Å²) in [6.45, 7) is 4.00. The number of amides is 2. The fourth-order valence-corrected chi connectivity index (χ4v) is 1.67. The molecule has 5 heteroatoms. The number of hydrogen-bond donors (Lipinski definition) is 0. The number of hydroxylamine groups is 2. The fourth-order valence-electron chi connectivity index (χ4n) is 1.67. The normalized spacial score (nSPS) is 23.7. The predicted molar refractivity (Wildman–Crippen MR) is 74.1 cm³/mol. The summed E-state index contributed by atoms with van der Waals surface area (Å²) in [7, 11) is 0. The molecule has 2 amide bonds. The first-order valence-corrected chi connectivity index (χ1v) is 6.78. The Morgan fingerprint density at radius 2 is 1.65 bits per heavy atom. The van der Waals surface area contributed by atoms with Crippen molar-refractivity contribution in [2.45, 2.75) is 39.5 Å².